The van der Waals surface area contributed by atoms with Gasteiger partial charge in [-0.1, -0.05) is 38.1 Å². The predicted molar refractivity (Wildman–Crippen MR) is 71.0 cm³/mol. The Bertz CT molecular complexity index is 519. The summed E-state index contributed by atoms with van der Waals surface area (Å²) >= 11 is 0. The van der Waals surface area contributed by atoms with E-state index in [1.165, 1.54) is 7.11 Å². The minimum absolute atomic E-state index is 0.0343. The van der Waals surface area contributed by atoms with Crippen molar-refractivity contribution < 1.29 is 19.0 Å². The molecule has 0 fully saturated rings. The first kappa shape index (κ1) is 13.6. The number of carbonyl (C=O) groups is 1. The first-order valence-electron chi connectivity index (χ1n) is 6.19. The topological polar surface area (TPSA) is 44.8 Å². The van der Waals surface area contributed by atoms with Gasteiger partial charge >= 0.3 is 5.97 Å². The van der Waals surface area contributed by atoms with Crippen LogP contribution < -0.4 is 0 Å². The lowest BCUT2D eigenvalue weighted by Crippen LogP contribution is -2.41. The Balaban J connectivity index is 2.60. The zero-order valence-corrected chi connectivity index (χ0v) is 11.6. The van der Waals surface area contributed by atoms with Crippen molar-refractivity contribution in [2.24, 2.45) is 5.92 Å². The lowest BCUT2D eigenvalue weighted by molar-refractivity contribution is -0.240. The van der Waals surface area contributed by atoms with Gasteiger partial charge in [-0.3, -0.25) is 0 Å². The van der Waals surface area contributed by atoms with Crippen LogP contribution in [-0.2, 0) is 24.8 Å². The summed E-state index contributed by atoms with van der Waals surface area (Å²) in [6.45, 7) is 3.97. The third-order valence-electron chi connectivity index (χ3n) is 3.33. The molecule has 0 saturated carbocycles. The maximum atomic E-state index is 11.7. The minimum atomic E-state index is -0.963. The van der Waals surface area contributed by atoms with Crippen molar-refractivity contribution in [2.45, 2.75) is 19.6 Å². The summed E-state index contributed by atoms with van der Waals surface area (Å²) < 4.78 is 16.2. The largest absolute Gasteiger partial charge is 0.463 e. The van der Waals surface area contributed by atoms with Gasteiger partial charge in [0.05, 0.1) is 7.11 Å². The summed E-state index contributed by atoms with van der Waals surface area (Å²) in [6.07, 6.45) is 1.68. The van der Waals surface area contributed by atoms with Crippen molar-refractivity contribution in [1.82, 2.24) is 0 Å². The monoisotopic (exact) mass is 262 g/mol. The molecule has 0 bridgehead atoms. The molecule has 1 heterocycles. The molecule has 102 valence electrons. The van der Waals surface area contributed by atoms with E-state index in [-0.39, 0.29) is 11.7 Å². The highest BCUT2D eigenvalue weighted by Crippen LogP contribution is 2.42. The van der Waals surface area contributed by atoms with Crippen molar-refractivity contribution in [1.29, 1.82) is 0 Å². The Kier molecular flexibility index (Phi) is 3.62. The molecule has 2 rings (SSSR count). The molecule has 1 unspecified atom stereocenters. The molecule has 0 amide bonds. The summed E-state index contributed by atoms with van der Waals surface area (Å²) in [5.41, 5.74) is 1.82. The highest BCUT2D eigenvalue weighted by molar-refractivity contribution is 5.92. The summed E-state index contributed by atoms with van der Waals surface area (Å²) in [4.78, 5) is 11.7. The molecule has 19 heavy (non-hydrogen) atoms. The van der Waals surface area contributed by atoms with Gasteiger partial charge < -0.3 is 14.2 Å². The molecule has 4 heteroatoms. The van der Waals surface area contributed by atoms with Gasteiger partial charge in [0.1, 0.15) is 0 Å². The fourth-order valence-corrected chi connectivity index (χ4v) is 2.35. The summed E-state index contributed by atoms with van der Waals surface area (Å²) in [5, 5.41) is 0. The highest BCUT2D eigenvalue weighted by Gasteiger charge is 2.44. The summed E-state index contributed by atoms with van der Waals surface area (Å²) in [5.74, 6) is -1.27. The second-order valence-electron chi connectivity index (χ2n) is 4.72. The zero-order chi connectivity index (χ0) is 14.0. The van der Waals surface area contributed by atoms with Crippen LogP contribution in [0.1, 0.15) is 25.0 Å². The van der Waals surface area contributed by atoms with Crippen LogP contribution in [0, 0.1) is 5.92 Å². The molecule has 1 atom stereocenters. The van der Waals surface area contributed by atoms with Crippen molar-refractivity contribution in [3.63, 3.8) is 0 Å². The number of hydrogen-bond donors (Lipinski definition) is 0. The van der Waals surface area contributed by atoms with Gasteiger partial charge in [0.15, 0.2) is 0 Å². The average Bonchev–Trinajstić information content (AvgIpc) is 2.44. The number of hydrogen-bond acceptors (Lipinski definition) is 4. The number of methoxy groups -OCH3 is 2. The Labute approximate surface area is 113 Å². The molecule has 0 radical (unpaired) electrons. The van der Waals surface area contributed by atoms with Crippen LogP contribution in [0.5, 0.6) is 0 Å². The maximum absolute atomic E-state index is 11.7. The lowest BCUT2D eigenvalue weighted by atomic mass is 9.88. The van der Waals surface area contributed by atoms with Crippen LogP contribution >= 0.6 is 0 Å². The van der Waals surface area contributed by atoms with Crippen molar-refractivity contribution in [3.05, 3.63) is 41.2 Å². The number of fused-ring (bicyclic) bond motifs is 1. The number of ether oxygens (including phenoxy) is 3. The molecule has 4 nitrogen and oxygen atoms in total. The molecule has 0 aromatic heterocycles. The molecular weight excluding hydrogens is 244 g/mol. The van der Waals surface area contributed by atoms with Crippen LogP contribution in [0.2, 0.25) is 0 Å². The Morgan fingerprint density at radius 2 is 1.95 bits per heavy atom. The van der Waals surface area contributed by atoms with E-state index in [1.807, 2.05) is 38.1 Å². The van der Waals surface area contributed by atoms with Crippen molar-refractivity contribution >= 4 is 12.0 Å². The Hall–Kier alpha value is -1.81. The van der Waals surface area contributed by atoms with E-state index in [0.717, 1.165) is 11.1 Å². The molecule has 0 aliphatic carbocycles. The van der Waals surface area contributed by atoms with Crippen LogP contribution in [-0.4, -0.2) is 20.2 Å². The van der Waals surface area contributed by atoms with Crippen molar-refractivity contribution in [2.75, 3.05) is 14.2 Å². The zero-order valence-electron chi connectivity index (χ0n) is 11.6. The van der Waals surface area contributed by atoms with Gasteiger partial charge in [-0.2, -0.15) is 0 Å². The van der Waals surface area contributed by atoms with Gasteiger partial charge in [0.2, 0.25) is 11.5 Å². The van der Waals surface area contributed by atoms with Crippen molar-refractivity contribution in [3.8, 4) is 0 Å². The average molecular weight is 262 g/mol. The number of rotatable bonds is 3. The molecule has 1 aliphatic heterocycles. The Morgan fingerprint density at radius 3 is 2.53 bits per heavy atom. The number of esters is 1. The normalized spacial score (nSPS) is 21.4. The van der Waals surface area contributed by atoms with E-state index in [9.17, 15) is 4.79 Å². The third-order valence-corrected chi connectivity index (χ3v) is 3.33. The molecule has 0 spiro atoms. The molecule has 1 aromatic rings. The van der Waals surface area contributed by atoms with Gasteiger partial charge in [-0.15, -0.1) is 0 Å². The molecule has 0 saturated heterocycles. The van der Waals surface area contributed by atoms with Gasteiger partial charge in [0, 0.05) is 18.6 Å². The Morgan fingerprint density at radius 1 is 1.26 bits per heavy atom. The van der Waals surface area contributed by atoms with E-state index in [0.29, 0.717) is 0 Å². The van der Waals surface area contributed by atoms with Crippen LogP contribution in [0.3, 0.4) is 0 Å². The van der Waals surface area contributed by atoms with E-state index < -0.39 is 11.8 Å². The lowest BCUT2D eigenvalue weighted by Gasteiger charge is -2.40. The van der Waals surface area contributed by atoms with E-state index in [2.05, 4.69) is 0 Å². The van der Waals surface area contributed by atoms with Crippen LogP contribution in [0.15, 0.2) is 30.0 Å². The molecule has 1 aliphatic rings. The SMILES string of the molecule is COC(=O)C1=Cc2ccccc2C(OC)(C(C)C)O1. The van der Waals surface area contributed by atoms with Gasteiger partial charge in [-0.05, 0) is 11.6 Å². The summed E-state index contributed by atoms with van der Waals surface area (Å²) in [7, 11) is 2.91. The molecule has 0 N–H and O–H groups in total. The minimum Gasteiger partial charge on any atom is -0.463 e. The predicted octanol–water partition coefficient (Wildman–Crippen LogP) is 2.69. The van der Waals surface area contributed by atoms with Gasteiger partial charge in [0.25, 0.3) is 0 Å². The first-order chi connectivity index (χ1) is 9.05. The quantitative estimate of drug-likeness (QED) is 0.786. The highest BCUT2D eigenvalue weighted by atomic mass is 16.7. The van der Waals surface area contributed by atoms with Gasteiger partial charge in [-0.25, -0.2) is 4.79 Å². The second-order valence-corrected chi connectivity index (χ2v) is 4.72. The van der Waals surface area contributed by atoms with E-state index >= 15 is 0 Å². The smallest absolute Gasteiger partial charge is 0.373 e. The maximum Gasteiger partial charge on any atom is 0.373 e. The fraction of sp³-hybridized carbons (Fsp3) is 0.400. The first-order valence-corrected chi connectivity index (χ1v) is 6.19. The number of carbonyl (C=O) groups excluding carboxylic acids is 1. The third kappa shape index (κ3) is 2.12. The number of benzene rings is 1. The van der Waals surface area contributed by atoms with Crippen LogP contribution in [0.25, 0.3) is 6.08 Å². The standard InChI is InChI=1S/C15H18O4/c1-10(2)15(18-4)12-8-6-5-7-11(12)9-13(19-15)14(16)17-3/h5-10H,1-4H3. The molecule has 1 aromatic carbocycles. The van der Waals surface area contributed by atoms with E-state index in [4.69, 9.17) is 14.2 Å². The fourth-order valence-electron chi connectivity index (χ4n) is 2.35. The summed E-state index contributed by atoms with van der Waals surface area (Å²) in [6, 6.07) is 7.71. The second kappa shape index (κ2) is 5.05. The molecular formula is C15H18O4. The van der Waals surface area contributed by atoms with E-state index in [1.54, 1.807) is 13.2 Å². The van der Waals surface area contributed by atoms with Crippen LogP contribution in [0.4, 0.5) is 0 Å².